The molecule has 0 saturated carbocycles. The third kappa shape index (κ3) is 5.75. The van der Waals surface area contributed by atoms with Crippen molar-refractivity contribution >= 4 is 34.4 Å². The summed E-state index contributed by atoms with van der Waals surface area (Å²) in [6, 6.07) is 10.1. The average molecular weight is 527 g/mol. The largest absolute Gasteiger partial charge is 0.416 e. The van der Waals surface area contributed by atoms with Gasteiger partial charge in [0.25, 0.3) is 0 Å². The first-order valence-corrected chi connectivity index (χ1v) is 12.5. The molecule has 1 saturated heterocycles. The van der Waals surface area contributed by atoms with E-state index in [1.165, 1.54) is 12.8 Å². The van der Waals surface area contributed by atoms with Crippen LogP contribution in [0.4, 0.5) is 35.2 Å². The molecule has 0 spiro atoms. The Morgan fingerprint density at radius 3 is 2.50 bits per heavy atom. The van der Waals surface area contributed by atoms with Crippen LogP contribution < -0.4 is 16.0 Å². The number of rotatable bonds is 8. The number of hydrogen-bond donors (Lipinski definition) is 4. The Morgan fingerprint density at radius 2 is 1.79 bits per heavy atom. The number of nitrogens with one attached hydrogen (secondary N) is 4. The number of nitrogens with zero attached hydrogens (tertiary/aromatic N) is 4. The highest BCUT2D eigenvalue weighted by Crippen LogP contribution is 2.32. The van der Waals surface area contributed by atoms with Gasteiger partial charge in [-0.25, -0.2) is 9.78 Å². The van der Waals surface area contributed by atoms with E-state index < -0.39 is 17.8 Å². The average Bonchev–Trinajstić information content (AvgIpc) is 3.62. The number of urea groups is 1. The van der Waals surface area contributed by atoms with Gasteiger partial charge in [0.1, 0.15) is 12.1 Å². The van der Waals surface area contributed by atoms with Crippen molar-refractivity contribution in [3.8, 4) is 5.69 Å². The number of carbonyl (C=O) groups excluding carboxylic acids is 1. The van der Waals surface area contributed by atoms with Gasteiger partial charge in [-0.1, -0.05) is 0 Å². The quantitative estimate of drug-likeness (QED) is 0.243. The fourth-order valence-corrected chi connectivity index (χ4v) is 4.73. The lowest BCUT2D eigenvalue weighted by Gasteiger charge is -2.16. The van der Waals surface area contributed by atoms with E-state index in [4.69, 9.17) is 0 Å². The normalized spacial score (nSPS) is 14.2. The predicted molar refractivity (Wildman–Crippen MR) is 141 cm³/mol. The molecule has 0 unspecified atom stereocenters. The first-order valence-electron chi connectivity index (χ1n) is 12.5. The molecule has 4 N–H and O–H groups in total. The van der Waals surface area contributed by atoms with E-state index in [-0.39, 0.29) is 5.69 Å². The van der Waals surface area contributed by atoms with Gasteiger partial charge < -0.3 is 20.9 Å². The SMILES string of the molecule is CNc1[nH]nc2c1ncn2-c1ccc(NC(=O)Nc2cc(CCCN3CCCC3)cc(C(F)(F)F)c2)cc1. The summed E-state index contributed by atoms with van der Waals surface area (Å²) in [6.07, 6.45) is 0.754. The number of aromatic amines is 1. The Morgan fingerprint density at radius 1 is 1.05 bits per heavy atom. The lowest BCUT2D eigenvalue weighted by Crippen LogP contribution is -2.21. The first-order chi connectivity index (χ1) is 18.3. The topological polar surface area (TPSA) is 103 Å². The third-order valence-corrected chi connectivity index (χ3v) is 6.62. The molecular formula is C26H29F3N8O. The molecule has 0 atom stereocenters. The van der Waals surface area contributed by atoms with E-state index in [2.05, 4.69) is 36.0 Å². The molecule has 1 aliphatic rings. The second kappa shape index (κ2) is 10.7. The molecule has 0 aliphatic carbocycles. The van der Waals surface area contributed by atoms with Crippen molar-refractivity contribution in [3.63, 3.8) is 0 Å². The molecule has 200 valence electrons. The molecule has 1 fully saturated rings. The third-order valence-electron chi connectivity index (χ3n) is 6.62. The number of aryl methyl sites for hydroxylation is 1. The van der Waals surface area contributed by atoms with E-state index in [1.807, 2.05) is 0 Å². The van der Waals surface area contributed by atoms with E-state index in [9.17, 15) is 18.0 Å². The number of alkyl halides is 3. The number of H-pyrrole nitrogens is 1. The highest BCUT2D eigenvalue weighted by Gasteiger charge is 2.31. The molecule has 0 bridgehead atoms. The molecule has 5 rings (SSSR count). The lowest BCUT2D eigenvalue weighted by atomic mass is 10.0. The van der Waals surface area contributed by atoms with E-state index >= 15 is 0 Å². The number of hydrogen-bond acceptors (Lipinski definition) is 5. The van der Waals surface area contributed by atoms with Crippen LogP contribution in [0.25, 0.3) is 16.9 Å². The summed E-state index contributed by atoms with van der Waals surface area (Å²) < 4.78 is 42.4. The molecule has 0 radical (unpaired) electrons. The fraction of sp³-hybridized carbons (Fsp3) is 0.346. The molecular weight excluding hydrogens is 497 g/mol. The number of benzene rings is 2. The van der Waals surface area contributed by atoms with Crippen LogP contribution in [0.3, 0.4) is 0 Å². The Labute approximate surface area is 217 Å². The van der Waals surface area contributed by atoms with Gasteiger partial charge in [-0.3, -0.25) is 9.67 Å². The maximum atomic E-state index is 13.5. The number of likely N-dealkylation sites (tertiary alicyclic amines) is 1. The second-order valence-corrected chi connectivity index (χ2v) is 9.33. The molecule has 4 aromatic rings. The first kappa shape index (κ1) is 25.6. The van der Waals surface area contributed by atoms with Crippen LogP contribution in [-0.2, 0) is 12.6 Å². The number of aromatic nitrogens is 4. The zero-order valence-corrected chi connectivity index (χ0v) is 20.9. The highest BCUT2D eigenvalue weighted by molar-refractivity contribution is 6.00. The number of halogens is 3. The molecule has 2 amide bonds. The van der Waals surface area contributed by atoms with E-state index in [0.717, 1.165) is 43.9 Å². The molecule has 3 heterocycles. The standard InChI is InChI=1S/C26H29F3N8O/c1-30-23-22-24(35-34-23)37(16-31-22)21-8-6-19(7-9-21)32-25(38)33-20-14-17(13-18(15-20)26(27,28)29)5-4-12-36-10-2-3-11-36/h6-9,13-16H,2-5,10-12H2,1H3,(H2,30,34,35)(H2,32,33,38). The summed E-state index contributed by atoms with van der Waals surface area (Å²) in [7, 11) is 1.77. The maximum absolute atomic E-state index is 13.5. The lowest BCUT2D eigenvalue weighted by molar-refractivity contribution is -0.137. The van der Waals surface area contributed by atoms with Crippen molar-refractivity contribution in [3.05, 3.63) is 59.9 Å². The van der Waals surface area contributed by atoms with Gasteiger partial charge in [-0.2, -0.15) is 18.3 Å². The molecule has 9 nitrogen and oxygen atoms in total. The van der Waals surface area contributed by atoms with Crippen molar-refractivity contribution in [1.29, 1.82) is 0 Å². The minimum atomic E-state index is -4.51. The van der Waals surface area contributed by atoms with Gasteiger partial charge in [0.2, 0.25) is 0 Å². The number of anilines is 3. The number of fused-ring (bicyclic) bond motifs is 1. The van der Waals surface area contributed by atoms with Gasteiger partial charge in [-0.15, -0.1) is 0 Å². The smallest absolute Gasteiger partial charge is 0.372 e. The predicted octanol–water partition coefficient (Wildman–Crippen LogP) is 5.48. The van der Waals surface area contributed by atoms with Crippen LogP contribution in [-0.4, -0.2) is 57.4 Å². The molecule has 1 aliphatic heterocycles. The van der Waals surface area contributed by atoms with Crippen LogP contribution in [0.5, 0.6) is 0 Å². The second-order valence-electron chi connectivity index (χ2n) is 9.33. The zero-order chi connectivity index (χ0) is 26.7. The zero-order valence-electron chi connectivity index (χ0n) is 20.9. The summed E-state index contributed by atoms with van der Waals surface area (Å²) >= 11 is 0. The highest BCUT2D eigenvalue weighted by atomic mass is 19.4. The summed E-state index contributed by atoms with van der Waals surface area (Å²) in [5.41, 5.74) is 2.48. The van der Waals surface area contributed by atoms with Crippen molar-refractivity contribution in [2.45, 2.75) is 31.9 Å². The van der Waals surface area contributed by atoms with Gasteiger partial charge in [0, 0.05) is 24.1 Å². The summed E-state index contributed by atoms with van der Waals surface area (Å²) in [5.74, 6) is 0.707. The van der Waals surface area contributed by atoms with Crippen LogP contribution >= 0.6 is 0 Å². The monoisotopic (exact) mass is 526 g/mol. The Bertz CT molecular complexity index is 1400. The van der Waals surface area contributed by atoms with Gasteiger partial charge >= 0.3 is 12.2 Å². The van der Waals surface area contributed by atoms with E-state index in [0.29, 0.717) is 34.7 Å². The van der Waals surface area contributed by atoms with Crippen LogP contribution in [0.2, 0.25) is 0 Å². The van der Waals surface area contributed by atoms with Crippen molar-refractivity contribution in [2.75, 3.05) is 42.6 Å². The Kier molecular flexibility index (Phi) is 7.23. The molecule has 12 heteroatoms. The van der Waals surface area contributed by atoms with Crippen LogP contribution in [0.1, 0.15) is 30.4 Å². The molecule has 2 aromatic heterocycles. The summed E-state index contributed by atoms with van der Waals surface area (Å²) in [5, 5.41) is 15.4. The minimum Gasteiger partial charge on any atom is -0.372 e. The van der Waals surface area contributed by atoms with Crippen molar-refractivity contribution in [1.82, 2.24) is 24.6 Å². The fourth-order valence-electron chi connectivity index (χ4n) is 4.73. The number of amides is 2. The van der Waals surface area contributed by atoms with Crippen molar-refractivity contribution < 1.29 is 18.0 Å². The van der Waals surface area contributed by atoms with Crippen LogP contribution in [0, 0.1) is 0 Å². The summed E-state index contributed by atoms with van der Waals surface area (Å²) in [6.45, 7) is 2.95. The summed E-state index contributed by atoms with van der Waals surface area (Å²) in [4.78, 5) is 19.3. The van der Waals surface area contributed by atoms with Crippen molar-refractivity contribution in [2.24, 2.45) is 0 Å². The van der Waals surface area contributed by atoms with Gasteiger partial charge in [0.15, 0.2) is 11.2 Å². The number of imidazole rings is 1. The maximum Gasteiger partial charge on any atom is 0.416 e. The minimum absolute atomic E-state index is 0.102. The molecule has 2 aromatic carbocycles. The van der Waals surface area contributed by atoms with Crippen LogP contribution in [0.15, 0.2) is 48.8 Å². The molecule has 38 heavy (non-hydrogen) atoms. The van der Waals surface area contributed by atoms with E-state index in [1.54, 1.807) is 48.3 Å². The van der Waals surface area contributed by atoms with Gasteiger partial charge in [0.05, 0.1) is 5.56 Å². The van der Waals surface area contributed by atoms with Gasteiger partial charge in [-0.05, 0) is 93.3 Å². The number of carbonyl (C=O) groups is 1. The Balaban J connectivity index is 1.24. The Hall–Kier alpha value is -4.06.